The number of rotatable bonds is 11. The Morgan fingerprint density at radius 1 is 0.963 bits per heavy atom. The number of carbonyl (C=O) groups excluding carboxylic acids is 1. The highest BCUT2D eigenvalue weighted by Crippen LogP contribution is 2.39. The summed E-state index contributed by atoms with van der Waals surface area (Å²) in [5.74, 6) is 2.21. The van der Waals surface area contributed by atoms with Crippen molar-refractivity contribution in [3.8, 4) is 11.4 Å². The van der Waals surface area contributed by atoms with Crippen LogP contribution in [0.2, 0.25) is 0 Å². The highest BCUT2D eigenvalue weighted by molar-refractivity contribution is 5.89. The number of aryl methyl sites for hydroxylation is 1. The second kappa shape index (κ2) is 15.8. The quantitative estimate of drug-likeness (QED) is 0.136. The average molecular weight is 737 g/mol. The molecule has 5 aromatic rings. The predicted molar refractivity (Wildman–Crippen MR) is 205 cm³/mol. The Bertz CT molecular complexity index is 2030. The number of urea groups is 1. The van der Waals surface area contributed by atoms with Gasteiger partial charge >= 0.3 is 6.03 Å². The van der Waals surface area contributed by atoms with E-state index in [0.29, 0.717) is 19.0 Å². The summed E-state index contributed by atoms with van der Waals surface area (Å²) < 4.78 is 23.9. The van der Waals surface area contributed by atoms with Crippen molar-refractivity contribution in [2.45, 2.75) is 109 Å². The molecule has 2 amide bonds. The number of aromatic nitrogens is 7. The summed E-state index contributed by atoms with van der Waals surface area (Å²) in [7, 11) is 0. The molecule has 0 saturated carbocycles. The van der Waals surface area contributed by atoms with Crippen molar-refractivity contribution in [3.05, 3.63) is 77.9 Å². The van der Waals surface area contributed by atoms with Crippen LogP contribution in [0.1, 0.15) is 108 Å². The van der Waals surface area contributed by atoms with Crippen molar-refractivity contribution >= 4 is 23.4 Å². The highest BCUT2D eigenvalue weighted by atomic mass is 16.7. The van der Waals surface area contributed by atoms with Gasteiger partial charge in [-0.25, -0.2) is 9.48 Å². The first-order valence-corrected chi connectivity index (χ1v) is 19.6. The fourth-order valence-electron chi connectivity index (χ4n) is 7.64. The number of amides is 2. The molecule has 286 valence electrons. The zero-order valence-electron chi connectivity index (χ0n) is 31.6. The number of carbonyl (C=O) groups is 1. The summed E-state index contributed by atoms with van der Waals surface area (Å²) in [6.45, 7) is 10.4. The predicted octanol–water partition coefficient (Wildman–Crippen LogP) is 7.11. The van der Waals surface area contributed by atoms with Crippen molar-refractivity contribution in [1.82, 2.24) is 39.5 Å². The van der Waals surface area contributed by atoms with Crippen LogP contribution in [0.25, 0.3) is 11.3 Å². The number of hydrogen-bond donors (Lipinski definition) is 2. The molecule has 6 heterocycles. The largest absolute Gasteiger partial charge is 0.484 e. The third-order valence-corrected chi connectivity index (χ3v) is 10.6. The van der Waals surface area contributed by atoms with Gasteiger partial charge in [0, 0.05) is 37.7 Å². The number of anilines is 2. The molecule has 4 aromatic heterocycles. The molecule has 2 aliphatic heterocycles. The van der Waals surface area contributed by atoms with E-state index in [1.807, 2.05) is 51.8 Å². The molecule has 0 spiro atoms. The van der Waals surface area contributed by atoms with Crippen LogP contribution in [0, 0.1) is 0 Å². The van der Waals surface area contributed by atoms with Crippen LogP contribution in [-0.2, 0) is 21.4 Å². The van der Waals surface area contributed by atoms with E-state index in [9.17, 15) is 4.79 Å². The fraction of sp³-hybridized carbons (Fsp3) is 0.525. The molecule has 3 atom stereocenters. The van der Waals surface area contributed by atoms with Crippen molar-refractivity contribution < 1.29 is 19.0 Å². The van der Waals surface area contributed by atoms with Crippen LogP contribution in [0.4, 0.5) is 16.6 Å². The minimum atomic E-state index is -0.298. The number of nitrogens with one attached hydrogen (secondary N) is 2. The van der Waals surface area contributed by atoms with Gasteiger partial charge in [-0.3, -0.25) is 14.4 Å². The molecule has 14 nitrogen and oxygen atoms in total. The van der Waals surface area contributed by atoms with E-state index in [2.05, 4.69) is 63.7 Å². The summed E-state index contributed by atoms with van der Waals surface area (Å²) in [5.41, 5.74) is 4.33. The second-order valence-corrected chi connectivity index (χ2v) is 15.7. The first kappa shape index (κ1) is 36.0. The molecule has 3 aliphatic rings. The topological polar surface area (TPSA) is 138 Å². The number of fused-ring (bicyclic) bond motifs is 2. The van der Waals surface area contributed by atoms with Gasteiger partial charge in [0.05, 0.1) is 36.9 Å². The van der Waals surface area contributed by atoms with E-state index in [4.69, 9.17) is 19.3 Å². The van der Waals surface area contributed by atoms with Crippen molar-refractivity contribution in [2.75, 3.05) is 36.5 Å². The van der Waals surface area contributed by atoms with Crippen LogP contribution in [0.15, 0.2) is 61.1 Å². The monoisotopic (exact) mass is 736 g/mol. The van der Waals surface area contributed by atoms with Crippen molar-refractivity contribution in [2.24, 2.45) is 0 Å². The number of nitrogens with zero attached hydrogens (tertiary/aromatic N) is 8. The Morgan fingerprint density at radius 3 is 2.63 bits per heavy atom. The van der Waals surface area contributed by atoms with Gasteiger partial charge in [-0.2, -0.15) is 10.2 Å². The van der Waals surface area contributed by atoms with E-state index >= 15 is 0 Å². The first-order valence-electron chi connectivity index (χ1n) is 19.6. The maximum absolute atomic E-state index is 13.7. The molecular weight excluding hydrogens is 685 g/mol. The molecule has 1 unspecified atom stereocenters. The number of hydrogen-bond acceptors (Lipinski definition) is 9. The maximum atomic E-state index is 13.7. The van der Waals surface area contributed by atoms with Crippen LogP contribution >= 0.6 is 0 Å². The average Bonchev–Trinajstić information content (AvgIpc) is 3.94. The lowest BCUT2D eigenvalue weighted by Crippen LogP contribution is -2.36. The Labute approximate surface area is 316 Å². The zero-order valence-corrected chi connectivity index (χ0v) is 31.6. The number of benzene rings is 1. The van der Waals surface area contributed by atoms with Gasteiger partial charge in [0.1, 0.15) is 23.4 Å². The minimum Gasteiger partial charge on any atom is -0.484 e. The zero-order chi connectivity index (χ0) is 37.1. The molecule has 1 aliphatic carbocycles. The second-order valence-electron chi connectivity index (χ2n) is 15.7. The smallest absolute Gasteiger partial charge is 0.320 e. The van der Waals surface area contributed by atoms with E-state index in [0.717, 1.165) is 111 Å². The molecule has 2 saturated heterocycles. The van der Waals surface area contributed by atoms with Gasteiger partial charge in [-0.05, 0) is 81.0 Å². The van der Waals surface area contributed by atoms with Crippen LogP contribution in [0.5, 0.6) is 5.75 Å². The van der Waals surface area contributed by atoms with E-state index in [1.165, 1.54) is 6.42 Å². The molecule has 54 heavy (non-hydrogen) atoms. The van der Waals surface area contributed by atoms with E-state index < -0.39 is 0 Å². The molecule has 0 radical (unpaired) electrons. The first-order chi connectivity index (χ1) is 26.3. The van der Waals surface area contributed by atoms with Gasteiger partial charge in [-0.15, -0.1) is 10.2 Å². The van der Waals surface area contributed by atoms with Crippen LogP contribution in [-0.4, -0.2) is 72.8 Å². The molecule has 0 bridgehead atoms. The Kier molecular flexibility index (Phi) is 10.5. The van der Waals surface area contributed by atoms with Crippen molar-refractivity contribution in [1.29, 1.82) is 0 Å². The summed E-state index contributed by atoms with van der Waals surface area (Å²) in [6, 6.07) is 13.6. The van der Waals surface area contributed by atoms with E-state index in [-0.39, 0.29) is 29.9 Å². The van der Waals surface area contributed by atoms with Crippen molar-refractivity contribution in [3.63, 3.8) is 0 Å². The lowest BCUT2D eigenvalue weighted by molar-refractivity contribution is -0.163. The lowest BCUT2D eigenvalue weighted by atomic mass is 9.85. The minimum absolute atomic E-state index is 0.0943. The number of ether oxygens (including phenoxy) is 3. The van der Waals surface area contributed by atoms with Crippen LogP contribution in [0.3, 0.4) is 0 Å². The van der Waals surface area contributed by atoms with E-state index in [1.54, 1.807) is 10.9 Å². The number of piperidine rings is 1. The lowest BCUT2D eigenvalue weighted by Gasteiger charge is -2.32. The SMILES string of the molecule is CC(C)(C)c1cc(NC(=O)N[C@H]2CC[C@@H](Oc3ccc4nnc(N5CCCCC5)n4c3)c3ccccc32)n(-c2cnn(CCCOC3CCCCO3)c2)n1. The molecule has 2 fully saturated rings. The van der Waals surface area contributed by atoms with Gasteiger partial charge in [0.15, 0.2) is 11.9 Å². The Hall–Kier alpha value is -4.95. The third-order valence-electron chi connectivity index (χ3n) is 10.6. The fourth-order valence-corrected chi connectivity index (χ4v) is 7.64. The maximum Gasteiger partial charge on any atom is 0.320 e. The number of pyridine rings is 1. The molecule has 14 heteroatoms. The molecule has 2 N–H and O–H groups in total. The summed E-state index contributed by atoms with van der Waals surface area (Å²) >= 11 is 0. The molecule has 1 aromatic carbocycles. The third kappa shape index (κ3) is 8.09. The van der Waals surface area contributed by atoms with Gasteiger partial charge < -0.3 is 24.4 Å². The Morgan fingerprint density at radius 2 is 1.81 bits per heavy atom. The molecular formula is C40H52N10O4. The normalized spacial score (nSPS) is 20.5. The summed E-state index contributed by atoms with van der Waals surface area (Å²) in [6.07, 6.45) is 14.5. The Balaban J connectivity index is 0.932. The summed E-state index contributed by atoms with van der Waals surface area (Å²) in [5, 5.41) is 24.7. The van der Waals surface area contributed by atoms with Gasteiger partial charge in [-0.1, -0.05) is 45.0 Å². The van der Waals surface area contributed by atoms with Crippen LogP contribution < -0.4 is 20.3 Å². The summed E-state index contributed by atoms with van der Waals surface area (Å²) in [4.78, 5) is 16.0. The standard InChI is InChI=1S/C40H52N10O4/c1-40(2,3)34-24-36(50(46-34)28-25-41-48(26-28)21-11-23-53-37-14-7-10-22-52-37)43-38(51)42-32-16-17-33(31-13-6-5-12-30(31)32)54-29-15-18-35-44-45-39(49(35)27-29)47-19-8-4-9-20-47/h5-6,12-13,15,18,24-27,32-33,37H,4,7-11,14,16-17,19-23H2,1-3H3,(H2,42,43,51)/t32-,33+,37?/m0/s1. The highest BCUT2D eigenvalue weighted by Gasteiger charge is 2.30. The van der Waals surface area contributed by atoms with Gasteiger partial charge in [0.25, 0.3) is 0 Å². The van der Waals surface area contributed by atoms with Gasteiger partial charge in [0.2, 0.25) is 5.95 Å². The molecule has 8 rings (SSSR count).